The van der Waals surface area contributed by atoms with Crippen LogP contribution in [0.4, 0.5) is 0 Å². The van der Waals surface area contributed by atoms with Gasteiger partial charge in [0, 0.05) is 12.5 Å². The molecular weight excluding hydrogens is 186 g/mol. The van der Waals surface area contributed by atoms with E-state index in [1.54, 1.807) is 0 Å². The van der Waals surface area contributed by atoms with E-state index < -0.39 is 0 Å². The minimum atomic E-state index is 0.209. The monoisotopic (exact) mass is 205 g/mol. The molecule has 0 aliphatic carbocycles. The van der Waals surface area contributed by atoms with Gasteiger partial charge in [-0.3, -0.25) is 0 Å². The van der Waals surface area contributed by atoms with E-state index in [1.807, 2.05) is 6.92 Å². The van der Waals surface area contributed by atoms with E-state index in [2.05, 4.69) is 26.0 Å². The molecule has 0 saturated heterocycles. The highest BCUT2D eigenvalue weighted by Gasteiger charge is 2.22. The van der Waals surface area contributed by atoms with Crippen LogP contribution in [0.15, 0.2) is 12.1 Å². The zero-order valence-corrected chi connectivity index (χ0v) is 9.71. The summed E-state index contributed by atoms with van der Waals surface area (Å²) in [5.41, 5.74) is 9.76. The molecule has 2 unspecified atom stereocenters. The lowest BCUT2D eigenvalue weighted by Gasteiger charge is -2.12. The lowest BCUT2D eigenvalue weighted by atomic mass is 9.98. The predicted octanol–water partition coefficient (Wildman–Crippen LogP) is 2.21. The molecule has 0 aromatic heterocycles. The van der Waals surface area contributed by atoms with Crippen molar-refractivity contribution in [3.8, 4) is 5.75 Å². The van der Waals surface area contributed by atoms with Gasteiger partial charge in [0.1, 0.15) is 11.9 Å². The van der Waals surface area contributed by atoms with Crippen LogP contribution >= 0.6 is 0 Å². The molecule has 1 aliphatic heterocycles. The lowest BCUT2D eigenvalue weighted by Crippen LogP contribution is -2.18. The predicted molar refractivity (Wildman–Crippen MR) is 62.3 cm³/mol. The molecule has 2 N–H and O–H groups in total. The Labute approximate surface area is 91.4 Å². The van der Waals surface area contributed by atoms with Crippen LogP contribution in [0.1, 0.15) is 30.5 Å². The van der Waals surface area contributed by atoms with Crippen LogP contribution in [-0.2, 0) is 12.8 Å². The summed E-state index contributed by atoms with van der Waals surface area (Å²) in [5, 5.41) is 0. The van der Waals surface area contributed by atoms with Gasteiger partial charge >= 0.3 is 0 Å². The molecule has 2 atom stereocenters. The molecule has 15 heavy (non-hydrogen) atoms. The van der Waals surface area contributed by atoms with Crippen molar-refractivity contribution < 1.29 is 4.74 Å². The molecule has 0 bridgehead atoms. The molecule has 1 heterocycles. The fourth-order valence-corrected chi connectivity index (χ4v) is 2.23. The van der Waals surface area contributed by atoms with Crippen LogP contribution in [0.25, 0.3) is 0 Å². The van der Waals surface area contributed by atoms with E-state index in [1.165, 1.54) is 16.7 Å². The van der Waals surface area contributed by atoms with E-state index in [4.69, 9.17) is 10.5 Å². The van der Waals surface area contributed by atoms with Gasteiger partial charge in [-0.2, -0.15) is 0 Å². The minimum Gasteiger partial charge on any atom is -0.490 e. The average molecular weight is 205 g/mol. The number of rotatable bonds is 2. The first kappa shape index (κ1) is 10.5. The van der Waals surface area contributed by atoms with Crippen molar-refractivity contribution in [3.63, 3.8) is 0 Å². The van der Waals surface area contributed by atoms with E-state index >= 15 is 0 Å². The Bertz CT molecular complexity index is 371. The number of ether oxygens (including phenoxy) is 1. The lowest BCUT2D eigenvalue weighted by molar-refractivity contribution is 0.253. The van der Waals surface area contributed by atoms with Crippen LogP contribution < -0.4 is 10.5 Å². The first-order valence-electron chi connectivity index (χ1n) is 5.61. The summed E-state index contributed by atoms with van der Waals surface area (Å²) in [6, 6.07) is 4.59. The second-order valence-electron chi connectivity index (χ2n) is 4.65. The van der Waals surface area contributed by atoms with Crippen molar-refractivity contribution in [2.45, 2.75) is 45.8 Å². The topological polar surface area (TPSA) is 35.2 Å². The molecule has 0 amide bonds. The zero-order chi connectivity index (χ0) is 11.0. The van der Waals surface area contributed by atoms with Crippen LogP contribution in [0.2, 0.25) is 0 Å². The third-order valence-corrected chi connectivity index (χ3v) is 2.97. The normalized spacial score (nSPS) is 20.9. The summed E-state index contributed by atoms with van der Waals surface area (Å²) in [4.78, 5) is 0. The van der Waals surface area contributed by atoms with Gasteiger partial charge in [0.25, 0.3) is 0 Å². The fraction of sp³-hybridized carbons (Fsp3) is 0.538. The molecule has 0 saturated carbocycles. The second kappa shape index (κ2) is 3.86. The summed E-state index contributed by atoms with van der Waals surface area (Å²) >= 11 is 0. The summed E-state index contributed by atoms with van der Waals surface area (Å²) in [7, 11) is 0. The fourth-order valence-electron chi connectivity index (χ4n) is 2.23. The number of nitrogens with two attached hydrogens (primary N) is 1. The van der Waals surface area contributed by atoms with Crippen molar-refractivity contribution in [2.24, 2.45) is 5.73 Å². The molecule has 1 aromatic rings. The molecule has 0 fully saturated rings. The van der Waals surface area contributed by atoms with Crippen molar-refractivity contribution in [2.75, 3.05) is 0 Å². The molecule has 2 heteroatoms. The Kier molecular flexibility index (Phi) is 2.70. The molecular formula is C13H19NO. The molecule has 2 rings (SSSR count). The van der Waals surface area contributed by atoms with Gasteiger partial charge < -0.3 is 10.5 Å². The van der Waals surface area contributed by atoms with E-state index in [0.717, 1.165) is 18.6 Å². The maximum absolute atomic E-state index is 5.83. The Morgan fingerprint density at radius 2 is 2.27 bits per heavy atom. The van der Waals surface area contributed by atoms with Gasteiger partial charge in [0.15, 0.2) is 0 Å². The van der Waals surface area contributed by atoms with Crippen LogP contribution in [0.5, 0.6) is 5.75 Å². The molecule has 0 spiro atoms. The average Bonchev–Trinajstić information content (AvgIpc) is 2.51. The highest BCUT2D eigenvalue weighted by Crippen LogP contribution is 2.34. The maximum atomic E-state index is 5.83. The van der Waals surface area contributed by atoms with Gasteiger partial charge in [0.2, 0.25) is 0 Å². The largest absolute Gasteiger partial charge is 0.490 e. The summed E-state index contributed by atoms with van der Waals surface area (Å²) < 4.78 is 5.82. The third-order valence-electron chi connectivity index (χ3n) is 2.97. The van der Waals surface area contributed by atoms with Gasteiger partial charge in [0.05, 0.1) is 0 Å². The number of fused-ring (bicyclic) bond motifs is 1. The molecule has 2 nitrogen and oxygen atoms in total. The van der Waals surface area contributed by atoms with Crippen molar-refractivity contribution >= 4 is 0 Å². The van der Waals surface area contributed by atoms with Crippen molar-refractivity contribution in [1.29, 1.82) is 0 Å². The van der Waals surface area contributed by atoms with E-state index in [9.17, 15) is 0 Å². The Morgan fingerprint density at radius 1 is 1.53 bits per heavy atom. The number of hydrogen-bond donors (Lipinski definition) is 1. The van der Waals surface area contributed by atoms with Crippen molar-refractivity contribution in [3.05, 3.63) is 28.8 Å². The van der Waals surface area contributed by atoms with E-state index in [0.29, 0.717) is 6.10 Å². The van der Waals surface area contributed by atoms with Gasteiger partial charge in [-0.15, -0.1) is 0 Å². The summed E-state index contributed by atoms with van der Waals surface area (Å²) in [6.07, 6.45) is 2.29. The molecule has 82 valence electrons. The van der Waals surface area contributed by atoms with Gasteiger partial charge in [-0.05, 0) is 43.9 Å². The molecule has 0 radical (unpaired) electrons. The highest BCUT2D eigenvalue weighted by atomic mass is 16.5. The van der Waals surface area contributed by atoms with Gasteiger partial charge in [-0.1, -0.05) is 12.1 Å². The zero-order valence-electron chi connectivity index (χ0n) is 9.71. The van der Waals surface area contributed by atoms with Gasteiger partial charge in [-0.25, -0.2) is 0 Å². The third kappa shape index (κ3) is 2.00. The van der Waals surface area contributed by atoms with Crippen LogP contribution in [0.3, 0.4) is 0 Å². The highest BCUT2D eigenvalue weighted by molar-refractivity contribution is 5.48. The minimum absolute atomic E-state index is 0.209. The van der Waals surface area contributed by atoms with E-state index in [-0.39, 0.29) is 6.04 Å². The second-order valence-corrected chi connectivity index (χ2v) is 4.65. The first-order chi connectivity index (χ1) is 7.08. The summed E-state index contributed by atoms with van der Waals surface area (Å²) in [6.45, 7) is 6.29. The molecule has 1 aliphatic rings. The summed E-state index contributed by atoms with van der Waals surface area (Å²) in [5.74, 6) is 1.10. The molecule has 1 aromatic carbocycles. The van der Waals surface area contributed by atoms with Crippen molar-refractivity contribution in [1.82, 2.24) is 0 Å². The Balaban J connectivity index is 2.34. The Morgan fingerprint density at radius 3 is 2.93 bits per heavy atom. The number of benzene rings is 1. The van der Waals surface area contributed by atoms with Crippen LogP contribution in [0, 0.1) is 6.92 Å². The van der Waals surface area contributed by atoms with Crippen LogP contribution in [-0.4, -0.2) is 12.1 Å². The maximum Gasteiger partial charge on any atom is 0.126 e. The smallest absolute Gasteiger partial charge is 0.126 e. The first-order valence-corrected chi connectivity index (χ1v) is 5.61. The Hall–Kier alpha value is -1.02. The SMILES string of the molecule is Cc1c(CC(C)N)ccc2c1OC(C)C2. The standard InChI is InChI=1S/C13H19NO/c1-8(14)6-11-4-5-12-7-9(2)15-13(12)10(11)3/h4-5,8-9H,6-7,14H2,1-3H3. The quantitative estimate of drug-likeness (QED) is 0.803. The number of hydrogen-bond acceptors (Lipinski definition) is 2.